The molecule has 0 saturated heterocycles. The van der Waals surface area contributed by atoms with Crippen LogP contribution in [0.25, 0.3) is 0 Å². The van der Waals surface area contributed by atoms with Crippen molar-refractivity contribution in [2.75, 3.05) is 17.6 Å². The van der Waals surface area contributed by atoms with Crippen molar-refractivity contribution in [1.82, 2.24) is 15.0 Å². The molecule has 0 radical (unpaired) electrons. The second-order valence-corrected chi connectivity index (χ2v) is 2.92. The van der Waals surface area contributed by atoms with Gasteiger partial charge in [-0.1, -0.05) is 6.92 Å². The third-order valence-electron chi connectivity index (χ3n) is 1.78. The van der Waals surface area contributed by atoms with E-state index in [1.807, 2.05) is 13.8 Å². The molecular formula is C8H16N6. The highest BCUT2D eigenvalue weighted by atomic mass is 15.2. The number of nitrogens with one attached hydrogen (secondary N) is 1. The van der Waals surface area contributed by atoms with Crippen LogP contribution >= 0.6 is 0 Å². The van der Waals surface area contributed by atoms with E-state index in [2.05, 4.69) is 20.3 Å². The number of rotatable bonds is 4. The van der Waals surface area contributed by atoms with Crippen molar-refractivity contribution < 1.29 is 0 Å². The molecule has 1 rings (SSSR count). The van der Waals surface area contributed by atoms with E-state index >= 15 is 0 Å². The molecule has 0 fully saturated rings. The van der Waals surface area contributed by atoms with Crippen molar-refractivity contribution in [3.63, 3.8) is 0 Å². The minimum Gasteiger partial charge on any atom is -0.368 e. The van der Waals surface area contributed by atoms with Gasteiger partial charge in [0.2, 0.25) is 11.9 Å². The Bertz CT molecular complexity index is 300. The van der Waals surface area contributed by atoms with E-state index in [1.54, 1.807) is 0 Å². The predicted octanol–water partition coefficient (Wildman–Crippen LogP) is 0.295. The molecule has 1 atom stereocenters. The number of nitrogens with zero attached hydrogens (tertiary/aromatic N) is 3. The smallest absolute Gasteiger partial charge is 0.227 e. The van der Waals surface area contributed by atoms with Crippen LogP contribution in [0.3, 0.4) is 0 Å². The number of nitrogen functional groups attached to an aromatic ring is 1. The standard InChI is InChI=1S/C8H16N6/c1-3-5(9)6-12-7(10)14-8(13-6)11-4-2/h5H,3-4,9H2,1-2H3,(H3,10,11,12,13,14)/t5-/m1/s1. The molecule has 0 aliphatic heterocycles. The summed E-state index contributed by atoms with van der Waals surface area (Å²) in [4.78, 5) is 12.1. The molecule has 78 valence electrons. The minimum atomic E-state index is -0.183. The topological polar surface area (TPSA) is 103 Å². The van der Waals surface area contributed by atoms with Gasteiger partial charge in [0, 0.05) is 6.54 Å². The summed E-state index contributed by atoms with van der Waals surface area (Å²) in [6.07, 6.45) is 0.773. The van der Waals surface area contributed by atoms with Crippen molar-refractivity contribution in [1.29, 1.82) is 0 Å². The van der Waals surface area contributed by atoms with Gasteiger partial charge < -0.3 is 16.8 Å². The number of aromatic nitrogens is 3. The van der Waals surface area contributed by atoms with E-state index in [-0.39, 0.29) is 12.0 Å². The lowest BCUT2D eigenvalue weighted by Crippen LogP contribution is -2.16. The highest BCUT2D eigenvalue weighted by molar-refractivity contribution is 5.31. The molecule has 0 aliphatic carbocycles. The average Bonchev–Trinajstić information content (AvgIpc) is 2.16. The SMILES string of the molecule is CCNc1nc(N)nc([C@H](N)CC)n1. The molecule has 5 N–H and O–H groups in total. The zero-order valence-electron chi connectivity index (χ0n) is 8.49. The van der Waals surface area contributed by atoms with Gasteiger partial charge in [-0.05, 0) is 13.3 Å². The molecule has 1 aromatic heterocycles. The minimum absolute atomic E-state index is 0.183. The summed E-state index contributed by atoms with van der Waals surface area (Å²) in [7, 11) is 0. The van der Waals surface area contributed by atoms with Crippen LogP contribution in [0.5, 0.6) is 0 Å². The van der Waals surface area contributed by atoms with Crippen molar-refractivity contribution in [2.24, 2.45) is 5.73 Å². The van der Waals surface area contributed by atoms with Crippen molar-refractivity contribution in [2.45, 2.75) is 26.3 Å². The van der Waals surface area contributed by atoms with Crippen LogP contribution in [0.2, 0.25) is 0 Å². The zero-order valence-corrected chi connectivity index (χ0v) is 8.49. The van der Waals surface area contributed by atoms with Gasteiger partial charge >= 0.3 is 0 Å². The van der Waals surface area contributed by atoms with Gasteiger partial charge in [0.25, 0.3) is 0 Å². The van der Waals surface area contributed by atoms with E-state index in [9.17, 15) is 0 Å². The van der Waals surface area contributed by atoms with Crippen molar-refractivity contribution in [3.05, 3.63) is 5.82 Å². The molecule has 0 amide bonds. The Morgan fingerprint density at radius 1 is 1.29 bits per heavy atom. The summed E-state index contributed by atoms with van der Waals surface area (Å²) < 4.78 is 0. The van der Waals surface area contributed by atoms with Gasteiger partial charge in [0.15, 0.2) is 5.82 Å². The fourth-order valence-electron chi connectivity index (χ4n) is 0.995. The molecular weight excluding hydrogens is 180 g/mol. The molecule has 1 heterocycles. The van der Waals surface area contributed by atoms with Gasteiger partial charge in [0.1, 0.15) is 0 Å². The Morgan fingerprint density at radius 3 is 2.57 bits per heavy atom. The third kappa shape index (κ3) is 2.53. The lowest BCUT2D eigenvalue weighted by Gasteiger charge is -2.09. The maximum atomic E-state index is 5.79. The normalized spacial score (nSPS) is 12.5. The van der Waals surface area contributed by atoms with E-state index in [0.717, 1.165) is 13.0 Å². The molecule has 0 aromatic carbocycles. The number of nitrogens with two attached hydrogens (primary N) is 2. The molecule has 0 spiro atoms. The summed E-state index contributed by atoms with van der Waals surface area (Å²) in [6.45, 7) is 4.67. The Labute approximate surface area is 83.1 Å². The van der Waals surface area contributed by atoms with Gasteiger partial charge in [-0.2, -0.15) is 15.0 Å². The van der Waals surface area contributed by atoms with Crippen molar-refractivity contribution in [3.8, 4) is 0 Å². The van der Waals surface area contributed by atoms with E-state index in [1.165, 1.54) is 0 Å². The van der Waals surface area contributed by atoms with E-state index < -0.39 is 0 Å². The molecule has 14 heavy (non-hydrogen) atoms. The van der Waals surface area contributed by atoms with Crippen molar-refractivity contribution >= 4 is 11.9 Å². The lowest BCUT2D eigenvalue weighted by molar-refractivity contribution is 0.646. The van der Waals surface area contributed by atoms with Crippen LogP contribution in [0, 0.1) is 0 Å². The Morgan fingerprint density at radius 2 is 2.00 bits per heavy atom. The Kier molecular flexibility index (Phi) is 3.58. The molecule has 6 heteroatoms. The van der Waals surface area contributed by atoms with Crippen LogP contribution < -0.4 is 16.8 Å². The van der Waals surface area contributed by atoms with Crippen LogP contribution in [0.1, 0.15) is 32.1 Å². The van der Waals surface area contributed by atoms with E-state index in [4.69, 9.17) is 11.5 Å². The monoisotopic (exact) mass is 196 g/mol. The zero-order chi connectivity index (χ0) is 10.6. The van der Waals surface area contributed by atoms with Crippen LogP contribution in [-0.4, -0.2) is 21.5 Å². The first-order valence-electron chi connectivity index (χ1n) is 4.68. The summed E-state index contributed by atoms with van der Waals surface area (Å²) in [6, 6.07) is -0.183. The molecule has 0 saturated carbocycles. The van der Waals surface area contributed by atoms with Crippen LogP contribution in [-0.2, 0) is 0 Å². The second kappa shape index (κ2) is 4.71. The van der Waals surface area contributed by atoms with E-state index in [0.29, 0.717) is 11.8 Å². The quantitative estimate of drug-likeness (QED) is 0.639. The summed E-state index contributed by atoms with van der Waals surface area (Å²) >= 11 is 0. The third-order valence-corrected chi connectivity index (χ3v) is 1.78. The first-order chi connectivity index (χ1) is 6.67. The van der Waals surface area contributed by atoms with Crippen LogP contribution in [0.4, 0.5) is 11.9 Å². The van der Waals surface area contributed by atoms with Gasteiger partial charge in [0.05, 0.1) is 6.04 Å². The lowest BCUT2D eigenvalue weighted by atomic mass is 10.2. The molecule has 0 unspecified atom stereocenters. The Hall–Kier alpha value is -1.43. The summed E-state index contributed by atoms with van der Waals surface area (Å²) in [5.41, 5.74) is 11.3. The van der Waals surface area contributed by atoms with Crippen LogP contribution in [0.15, 0.2) is 0 Å². The second-order valence-electron chi connectivity index (χ2n) is 2.92. The maximum absolute atomic E-state index is 5.79. The number of anilines is 2. The first-order valence-corrected chi connectivity index (χ1v) is 4.68. The fourth-order valence-corrected chi connectivity index (χ4v) is 0.995. The first kappa shape index (κ1) is 10.6. The summed E-state index contributed by atoms with van der Waals surface area (Å²) in [5.74, 6) is 1.23. The summed E-state index contributed by atoms with van der Waals surface area (Å²) in [5, 5.41) is 2.97. The molecule has 6 nitrogen and oxygen atoms in total. The average molecular weight is 196 g/mol. The number of hydrogen-bond donors (Lipinski definition) is 3. The molecule has 0 aliphatic rings. The van der Waals surface area contributed by atoms with Gasteiger partial charge in [-0.3, -0.25) is 0 Å². The highest BCUT2D eigenvalue weighted by Crippen LogP contribution is 2.11. The molecule has 0 bridgehead atoms. The largest absolute Gasteiger partial charge is 0.368 e. The Balaban J connectivity index is 2.94. The van der Waals surface area contributed by atoms with Gasteiger partial charge in [-0.25, -0.2) is 0 Å². The maximum Gasteiger partial charge on any atom is 0.227 e. The predicted molar refractivity (Wildman–Crippen MR) is 55.6 cm³/mol. The fraction of sp³-hybridized carbons (Fsp3) is 0.625. The molecule has 1 aromatic rings. The van der Waals surface area contributed by atoms with Gasteiger partial charge in [-0.15, -0.1) is 0 Å². The highest BCUT2D eigenvalue weighted by Gasteiger charge is 2.09. The number of hydrogen-bond acceptors (Lipinski definition) is 6.